The first-order valence-corrected chi connectivity index (χ1v) is 9.29. The Morgan fingerprint density at radius 1 is 1.11 bits per heavy atom. The minimum absolute atomic E-state index is 0.0364. The number of halogens is 5. The smallest absolute Gasteiger partial charge is 0.456 e. The topological polar surface area (TPSA) is 86.2 Å². The van der Waals surface area contributed by atoms with Crippen LogP contribution in [-0.2, 0) is 9.84 Å². The van der Waals surface area contributed by atoms with Crippen molar-refractivity contribution in [2.45, 2.75) is 23.9 Å². The van der Waals surface area contributed by atoms with Gasteiger partial charge in [-0.25, -0.2) is 13.4 Å². The molecular formula is C16H13F5N2O4S. The van der Waals surface area contributed by atoms with E-state index in [1.807, 2.05) is 0 Å². The molecule has 2 rings (SSSR count). The van der Waals surface area contributed by atoms with Gasteiger partial charge in [-0.15, -0.1) is 0 Å². The lowest BCUT2D eigenvalue weighted by molar-refractivity contribution is -0.290. The minimum atomic E-state index is -5.76. The van der Waals surface area contributed by atoms with E-state index in [2.05, 4.69) is 14.7 Å². The van der Waals surface area contributed by atoms with Crippen LogP contribution in [0, 0.1) is 0 Å². The number of rotatable bonds is 7. The Kier molecular flexibility index (Phi) is 6.02. The Labute approximate surface area is 156 Å². The van der Waals surface area contributed by atoms with Crippen molar-refractivity contribution in [3.8, 4) is 17.1 Å². The van der Waals surface area contributed by atoms with Crippen LogP contribution in [0.2, 0.25) is 0 Å². The quantitative estimate of drug-likeness (QED) is 0.501. The van der Waals surface area contributed by atoms with Gasteiger partial charge in [-0.05, 0) is 24.3 Å². The number of sulfone groups is 1. The van der Waals surface area contributed by atoms with E-state index in [1.54, 1.807) is 0 Å². The fourth-order valence-corrected chi connectivity index (χ4v) is 3.01. The third-order valence-corrected chi connectivity index (χ3v) is 5.29. The van der Waals surface area contributed by atoms with Crippen LogP contribution in [0.5, 0.6) is 5.75 Å². The fourth-order valence-electron chi connectivity index (χ4n) is 1.98. The van der Waals surface area contributed by atoms with Gasteiger partial charge in [-0.1, -0.05) is 6.92 Å². The molecule has 6 nitrogen and oxygen atoms in total. The fraction of sp³-hybridized carbons (Fsp3) is 0.312. The molecule has 0 amide bonds. The average Bonchev–Trinajstić information content (AvgIpc) is 2.65. The third kappa shape index (κ3) is 4.61. The van der Waals surface area contributed by atoms with Crippen LogP contribution >= 0.6 is 0 Å². The van der Waals surface area contributed by atoms with Crippen LogP contribution in [0.15, 0.2) is 35.4 Å². The third-order valence-electron chi connectivity index (χ3n) is 3.53. The van der Waals surface area contributed by atoms with Gasteiger partial charge in [0.25, 0.3) is 0 Å². The normalized spacial score (nSPS) is 12.6. The highest BCUT2D eigenvalue weighted by Crippen LogP contribution is 2.36. The first-order chi connectivity index (χ1) is 12.9. The second-order valence-corrected chi connectivity index (χ2v) is 7.72. The number of hydrogen-bond donors (Lipinski definition) is 0. The molecule has 0 N–H and O–H groups in total. The Balaban J connectivity index is 2.34. The van der Waals surface area contributed by atoms with E-state index in [4.69, 9.17) is 0 Å². The maximum atomic E-state index is 12.9. The van der Waals surface area contributed by atoms with Crippen LogP contribution < -0.4 is 4.74 Å². The Morgan fingerprint density at radius 2 is 1.79 bits per heavy atom. The molecule has 0 fully saturated rings. The minimum Gasteiger partial charge on any atom is -0.485 e. The molecule has 152 valence electrons. The van der Waals surface area contributed by atoms with Crippen molar-refractivity contribution < 1.29 is 39.9 Å². The summed E-state index contributed by atoms with van der Waals surface area (Å²) in [6.07, 6.45) is -4.52. The molecule has 0 atom stereocenters. The number of ether oxygens (including phenoxy) is 1. The second-order valence-electron chi connectivity index (χ2n) is 5.47. The first kappa shape index (κ1) is 21.7. The maximum Gasteiger partial charge on any atom is 0.456 e. The van der Waals surface area contributed by atoms with E-state index < -0.39 is 28.5 Å². The van der Waals surface area contributed by atoms with Gasteiger partial charge in [0, 0.05) is 0 Å². The molecule has 0 saturated heterocycles. The number of hydrogen-bond acceptors (Lipinski definition) is 6. The Bertz CT molecular complexity index is 960. The molecule has 0 unspecified atom stereocenters. The van der Waals surface area contributed by atoms with Crippen LogP contribution in [0.4, 0.5) is 22.0 Å². The molecule has 2 heterocycles. The van der Waals surface area contributed by atoms with Gasteiger partial charge in [0.05, 0.1) is 22.5 Å². The molecule has 0 aromatic carbocycles. The molecule has 0 aliphatic heterocycles. The van der Waals surface area contributed by atoms with Crippen molar-refractivity contribution in [3.05, 3.63) is 36.2 Å². The average molecular weight is 424 g/mol. The van der Waals surface area contributed by atoms with E-state index >= 15 is 0 Å². The molecule has 0 bridgehead atoms. The molecular weight excluding hydrogens is 411 g/mol. The van der Waals surface area contributed by atoms with Gasteiger partial charge in [-0.3, -0.25) is 9.78 Å². The number of alkyl halides is 5. The predicted molar refractivity (Wildman–Crippen MR) is 87.1 cm³/mol. The lowest BCUT2D eigenvalue weighted by atomic mass is 10.2. The molecule has 2 aromatic heterocycles. The Morgan fingerprint density at radius 3 is 2.29 bits per heavy atom. The van der Waals surface area contributed by atoms with Gasteiger partial charge in [0.1, 0.15) is 17.1 Å². The van der Waals surface area contributed by atoms with Gasteiger partial charge >= 0.3 is 12.1 Å². The maximum absolute atomic E-state index is 12.9. The summed E-state index contributed by atoms with van der Waals surface area (Å²) in [6.45, 7) is -0.538. The number of aldehydes is 1. The SMILES string of the molecule is CCS(=O)(=O)c1ccc(C=O)nc1-c1ccc(OCC(F)(F)C(F)(F)F)cn1. The van der Waals surface area contributed by atoms with Crippen LogP contribution in [0.25, 0.3) is 11.4 Å². The van der Waals surface area contributed by atoms with Crippen molar-refractivity contribution in [1.29, 1.82) is 0 Å². The van der Waals surface area contributed by atoms with E-state index in [1.165, 1.54) is 19.1 Å². The van der Waals surface area contributed by atoms with Crippen LogP contribution in [0.1, 0.15) is 17.4 Å². The molecule has 0 spiro atoms. The highest BCUT2D eigenvalue weighted by molar-refractivity contribution is 7.91. The highest BCUT2D eigenvalue weighted by Gasteiger charge is 2.58. The standard InChI is InChI=1S/C16H13F5N2O4S/c1-2-28(25,26)13-6-3-10(8-24)23-14(13)12-5-4-11(7-22-12)27-9-15(17,18)16(19,20)21/h3-8H,2,9H2,1H3. The predicted octanol–water partition coefficient (Wildman–Crippen LogP) is 3.33. The van der Waals surface area contributed by atoms with Crippen LogP contribution in [0.3, 0.4) is 0 Å². The molecule has 0 aliphatic carbocycles. The Hall–Kier alpha value is -2.63. The number of pyridine rings is 2. The zero-order chi connectivity index (χ0) is 21.2. The number of carbonyl (C=O) groups is 1. The van der Waals surface area contributed by atoms with Crippen molar-refractivity contribution in [2.24, 2.45) is 0 Å². The zero-order valence-electron chi connectivity index (χ0n) is 14.2. The van der Waals surface area contributed by atoms with Crippen molar-refractivity contribution in [3.63, 3.8) is 0 Å². The van der Waals surface area contributed by atoms with E-state index in [-0.39, 0.29) is 33.5 Å². The zero-order valence-corrected chi connectivity index (χ0v) is 15.0. The van der Waals surface area contributed by atoms with Gasteiger partial charge in [0.2, 0.25) is 0 Å². The second kappa shape index (κ2) is 7.78. The molecule has 12 heteroatoms. The summed E-state index contributed by atoms with van der Waals surface area (Å²) in [5.41, 5.74) is -0.263. The monoisotopic (exact) mass is 424 g/mol. The van der Waals surface area contributed by atoms with Gasteiger partial charge in [-0.2, -0.15) is 22.0 Å². The summed E-state index contributed by atoms with van der Waals surface area (Å²) in [5.74, 6) is -5.69. The molecule has 2 aromatic rings. The van der Waals surface area contributed by atoms with Crippen molar-refractivity contribution in [1.82, 2.24) is 9.97 Å². The first-order valence-electron chi connectivity index (χ1n) is 7.64. The number of carbonyl (C=O) groups excluding carboxylic acids is 1. The summed E-state index contributed by atoms with van der Waals surface area (Å²) in [6, 6.07) is 4.55. The summed E-state index contributed by atoms with van der Waals surface area (Å²) >= 11 is 0. The molecule has 0 aliphatic rings. The summed E-state index contributed by atoms with van der Waals surface area (Å²) < 4.78 is 91.0. The largest absolute Gasteiger partial charge is 0.485 e. The summed E-state index contributed by atoms with van der Waals surface area (Å²) in [7, 11) is -3.73. The summed E-state index contributed by atoms with van der Waals surface area (Å²) in [5, 5.41) is 0. The van der Waals surface area contributed by atoms with E-state index in [0.29, 0.717) is 6.29 Å². The van der Waals surface area contributed by atoms with Gasteiger partial charge < -0.3 is 4.74 Å². The lowest BCUT2D eigenvalue weighted by Gasteiger charge is -2.19. The van der Waals surface area contributed by atoms with Gasteiger partial charge in [0.15, 0.2) is 22.7 Å². The molecule has 0 radical (unpaired) electrons. The van der Waals surface area contributed by atoms with Crippen molar-refractivity contribution >= 4 is 16.1 Å². The molecule has 0 saturated carbocycles. The van der Waals surface area contributed by atoms with E-state index in [0.717, 1.165) is 18.3 Å². The van der Waals surface area contributed by atoms with Crippen molar-refractivity contribution in [2.75, 3.05) is 12.4 Å². The number of nitrogens with zero attached hydrogens (tertiary/aromatic N) is 2. The van der Waals surface area contributed by atoms with E-state index in [9.17, 15) is 35.2 Å². The molecule has 28 heavy (non-hydrogen) atoms. The highest BCUT2D eigenvalue weighted by atomic mass is 32.2. The summed E-state index contributed by atoms with van der Waals surface area (Å²) in [4.78, 5) is 18.4. The van der Waals surface area contributed by atoms with Crippen LogP contribution in [-0.4, -0.2) is 49.1 Å². The lowest BCUT2D eigenvalue weighted by Crippen LogP contribution is -2.41. The number of aromatic nitrogens is 2.